The molecule has 0 unspecified atom stereocenters. The number of methoxy groups -OCH3 is 2. The first-order chi connectivity index (χ1) is 11.4. The van der Waals surface area contributed by atoms with Crippen molar-refractivity contribution in [2.45, 2.75) is 18.7 Å². The lowest BCUT2D eigenvalue weighted by atomic mass is 10.3. The molecule has 0 saturated heterocycles. The lowest BCUT2D eigenvalue weighted by Gasteiger charge is -2.20. The van der Waals surface area contributed by atoms with Crippen LogP contribution in [0.2, 0.25) is 0 Å². The Balaban J connectivity index is 3.06. The molecule has 136 valence electrons. The number of rotatable bonds is 9. The van der Waals surface area contributed by atoms with E-state index in [1.54, 1.807) is 27.0 Å². The third-order valence-electron chi connectivity index (χ3n) is 3.35. The first kappa shape index (κ1) is 20.6. The van der Waals surface area contributed by atoms with Crippen molar-refractivity contribution in [3.8, 4) is 5.75 Å². The van der Waals surface area contributed by atoms with Gasteiger partial charge in [-0.1, -0.05) is 13.8 Å². The van der Waals surface area contributed by atoms with Crippen molar-refractivity contribution in [1.29, 1.82) is 0 Å². The summed E-state index contributed by atoms with van der Waals surface area (Å²) in [5, 5.41) is 6.29. The largest absolute Gasteiger partial charge is 0.495 e. The number of anilines is 1. The number of nitrogens with one attached hydrogen (secondary N) is 2. The highest BCUT2D eigenvalue weighted by atomic mass is 32.2. The molecule has 0 aliphatic heterocycles. The lowest BCUT2D eigenvalue weighted by molar-refractivity contribution is 0.204. The molecule has 0 amide bonds. The molecule has 2 N–H and O–H groups in total. The van der Waals surface area contributed by atoms with Crippen molar-refractivity contribution < 1.29 is 17.9 Å². The van der Waals surface area contributed by atoms with Gasteiger partial charge in [-0.3, -0.25) is 0 Å². The van der Waals surface area contributed by atoms with E-state index in [0.717, 1.165) is 0 Å². The van der Waals surface area contributed by atoms with E-state index < -0.39 is 10.0 Å². The highest BCUT2D eigenvalue weighted by molar-refractivity contribution is 7.89. The first-order valence-corrected chi connectivity index (χ1v) is 9.47. The molecule has 0 saturated carbocycles. The molecule has 0 radical (unpaired) electrons. The predicted octanol–water partition coefficient (Wildman–Crippen LogP) is 1.66. The van der Waals surface area contributed by atoms with Crippen molar-refractivity contribution in [1.82, 2.24) is 9.62 Å². The van der Waals surface area contributed by atoms with E-state index in [1.807, 2.05) is 0 Å². The maximum absolute atomic E-state index is 12.6. The number of thiocarbonyl (C=S) groups is 1. The quantitative estimate of drug-likeness (QED) is 0.502. The fourth-order valence-corrected chi connectivity index (χ4v) is 3.79. The molecule has 0 aliphatic rings. The van der Waals surface area contributed by atoms with Crippen LogP contribution in [0.4, 0.5) is 5.69 Å². The number of hydrogen-bond acceptors (Lipinski definition) is 5. The number of hydrogen-bond donors (Lipinski definition) is 2. The van der Waals surface area contributed by atoms with E-state index >= 15 is 0 Å². The fourth-order valence-electron chi connectivity index (χ4n) is 2.09. The molecule has 0 aromatic heterocycles. The molecular weight excluding hydrogens is 350 g/mol. The molecule has 0 atom stereocenters. The van der Waals surface area contributed by atoms with Gasteiger partial charge in [-0.15, -0.1) is 0 Å². The van der Waals surface area contributed by atoms with Crippen LogP contribution in [-0.4, -0.2) is 58.3 Å². The molecule has 24 heavy (non-hydrogen) atoms. The van der Waals surface area contributed by atoms with Gasteiger partial charge in [0.1, 0.15) is 5.75 Å². The van der Waals surface area contributed by atoms with Crippen molar-refractivity contribution in [2.75, 3.05) is 45.8 Å². The third kappa shape index (κ3) is 5.30. The van der Waals surface area contributed by atoms with Crippen LogP contribution in [0.3, 0.4) is 0 Å². The van der Waals surface area contributed by atoms with Gasteiger partial charge in [-0.25, -0.2) is 8.42 Å². The van der Waals surface area contributed by atoms with E-state index in [0.29, 0.717) is 42.8 Å². The average molecular weight is 376 g/mol. The second kappa shape index (κ2) is 9.77. The van der Waals surface area contributed by atoms with Crippen LogP contribution in [0.5, 0.6) is 5.75 Å². The van der Waals surface area contributed by atoms with E-state index in [9.17, 15) is 8.42 Å². The van der Waals surface area contributed by atoms with Crippen LogP contribution in [-0.2, 0) is 14.8 Å². The molecule has 1 aromatic carbocycles. The number of ether oxygens (including phenoxy) is 2. The Morgan fingerprint density at radius 1 is 1.25 bits per heavy atom. The molecule has 1 aromatic rings. The summed E-state index contributed by atoms with van der Waals surface area (Å²) < 4.78 is 36.9. The summed E-state index contributed by atoms with van der Waals surface area (Å²) in [6, 6.07) is 4.66. The van der Waals surface area contributed by atoms with Gasteiger partial charge in [0.2, 0.25) is 10.0 Å². The van der Waals surface area contributed by atoms with Gasteiger partial charge in [0, 0.05) is 26.7 Å². The van der Waals surface area contributed by atoms with Gasteiger partial charge in [-0.05, 0) is 30.4 Å². The number of benzene rings is 1. The molecule has 1 rings (SSSR count). The third-order valence-corrected chi connectivity index (χ3v) is 5.65. The molecule has 0 heterocycles. The second-order valence-corrected chi connectivity index (χ2v) is 7.17. The number of sulfonamides is 1. The van der Waals surface area contributed by atoms with Gasteiger partial charge in [0.15, 0.2) is 5.11 Å². The van der Waals surface area contributed by atoms with E-state index in [-0.39, 0.29) is 4.90 Å². The summed E-state index contributed by atoms with van der Waals surface area (Å²) in [5.74, 6) is 0.504. The van der Waals surface area contributed by atoms with Crippen molar-refractivity contribution >= 4 is 33.0 Å². The zero-order chi connectivity index (χ0) is 18.2. The molecule has 0 fully saturated rings. The molecule has 0 spiro atoms. The minimum Gasteiger partial charge on any atom is -0.495 e. The van der Waals surface area contributed by atoms with Crippen LogP contribution in [0.25, 0.3) is 0 Å². The van der Waals surface area contributed by atoms with Crippen molar-refractivity contribution in [2.24, 2.45) is 0 Å². The molecule has 0 aliphatic carbocycles. The highest BCUT2D eigenvalue weighted by Gasteiger charge is 2.23. The van der Waals surface area contributed by atoms with Gasteiger partial charge in [-0.2, -0.15) is 4.31 Å². The van der Waals surface area contributed by atoms with E-state index in [1.165, 1.54) is 23.5 Å². The van der Waals surface area contributed by atoms with Gasteiger partial charge in [0.05, 0.1) is 24.3 Å². The summed E-state index contributed by atoms with van der Waals surface area (Å²) in [6.07, 6.45) is 0. The predicted molar refractivity (Wildman–Crippen MR) is 99.2 cm³/mol. The van der Waals surface area contributed by atoms with Gasteiger partial charge in [0.25, 0.3) is 0 Å². The zero-order valence-electron chi connectivity index (χ0n) is 14.5. The van der Waals surface area contributed by atoms with Crippen LogP contribution in [0.1, 0.15) is 13.8 Å². The summed E-state index contributed by atoms with van der Waals surface area (Å²) in [5.41, 5.74) is 0.487. The summed E-state index contributed by atoms with van der Waals surface area (Å²) in [6.45, 7) is 5.48. The van der Waals surface area contributed by atoms with E-state index in [2.05, 4.69) is 10.6 Å². The maximum atomic E-state index is 12.6. The zero-order valence-corrected chi connectivity index (χ0v) is 16.1. The standard InChI is InChI=1S/C15H25N3O4S2/c1-5-18(6-2)24(19,20)12-7-8-14(22-4)13(11-12)17-15(23)16-9-10-21-3/h7-8,11H,5-6,9-10H2,1-4H3,(H2,16,17,23). The second-order valence-electron chi connectivity index (χ2n) is 4.83. The first-order valence-electron chi connectivity index (χ1n) is 7.62. The molecular formula is C15H25N3O4S2. The van der Waals surface area contributed by atoms with Crippen LogP contribution >= 0.6 is 12.2 Å². The SMILES string of the molecule is CCN(CC)S(=O)(=O)c1ccc(OC)c(NC(=S)NCCOC)c1. The summed E-state index contributed by atoms with van der Waals surface area (Å²) >= 11 is 5.20. The fraction of sp³-hybridized carbons (Fsp3) is 0.533. The Bertz CT molecular complexity index is 646. The Labute approximate surface area is 149 Å². The molecule has 7 nitrogen and oxygen atoms in total. The highest BCUT2D eigenvalue weighted by Crippen LogP contribution is 2.28. The van der Waals surface area contributed by atoms with Crippen LogP contribution in [0, 0.1) is 0 Å². The van der Waals surface area contributed by atoms with Crippen molar-refractivity contribution in [3.63, 3.8) is 0 Å². The summed E-state index contributed by atoms with van der Waals surface area (Å²) in [4.78, 5) is 0.189. The minimum atomic E-state index is -3.55. The minimum absolute atomic E-state index is 0.189. The Morgan fingerprint density at radius 2 is 1.92 bits per heavy atom. The average Bonchev–Trinajstić information content (AvgIpc) is 2.55. The smallest absolute Gasteiger partial charge is 0.243 e. The van der Waals surface area contributed by atoms with E-state index in [4.69, 9.17) is 21.7 Å². The topological polar surface area (TPSA) is 79.9 Å². The summed E-state index contributed by atoms with van der Waals surface area (Å²) in [7, 11) is -0.437. The Hall–Kier alpha value is -1.42. The Morgan fingerprint density at radius 3 is 2.46 bits per heavy atom. The van der Waals surface area contributed by atoms with Crippen LogP contribution < -0.4 is 15.4 Å². The normalized spacial score (nSPS) is 11.4. The van der Waals surface area contributed by atoms with Crippen molar-refractivity contribution in [3.05, 3.63) is 18.2 Å². The van der Waals surface area contributed by atoms with Crippen LogP contribution in [0.15, 0.2) is 23.1 Å². The monoisotopic (exact) mass is 375 g/mol. The number of nitrogens with zero attached hydrogens (tertiary/aromatic N) is 1. The molecule has 0 bridgehead atoms. The van der Waals surface area contributed by atoms with Gasteiger partial charge >= 0.3 is 0 Å². The van der Waals surface area contributed by atoms with Gasteiger partial charge < -0.3 is 20.1 Å². The maximum Gasteiger partial charge on any atom is 0.243 e. The lowest BCUT2D eigenvalue weighted by Crippen LogP contribution is -2.32. The molecule has 9 heteroatoms. The Kier molecular flexibility index (Phi) is 8.40.